The van der Waals surface area contributed by atoms with Gasteiger partial charge in [-0.2, -0.15) is 0 Å². The molecule has 8 heteroatoms. The molecule has 6 nitrogen and oxygen atoms in total. The first-order valence-electron chi connectivity index (χ1n) is 8.00. The fourth-order valence-corrected chi connectivity index (χ4v) is 2.52. The van der Waals surface area contributed by atoms with E-state index in [2.05, 4.69) is 10.3 Å². The standard InChI is InChI=1S/C18H18Cl2N2O4/c1-2-25-18(24)12-7-8-21-16(10-12)22-17(23)4-3-9-26-15-6-5-13(19)11-14(15)20/h5-8,10-11H,2-4,9H2,1H3,(H,21,22,23). The number of benzene rings is 1. The highest BCUT2D eigenvalue weighted by Crippen LogP contribution is 2.27. The molecule has 2 aromatic rings. The maximum atomic E-state index is 12.0. The molecule has 0 atom stereocenters. The highest BCUT2D eigenvalue weighted by atomic mass is 35.5. The molecule has 1 amide bonds. The molecule has 0 bridgehead atoms. The molecule has 26 heavy (non-hydrogen) atoms. The second-order valence-electron chi connectivity index (χ2n) is 5.23. The Morgan fingerprint density at radius 3 is 2.73 bits per heavy atom. The van der Waals surface area contributed by atoms with Gasteiger partial charge in [-0.1, -0.05) is 23.2 Å². The lowest BCUT2D eigenvalue weighted by Crippen LogP contribution is -2.14. The quantitative estimate of drug-likeness (QED) is 0.529. The summed E-state index contributed by atoms with van der Waals surface area (Å²) in [7, 11) is 0. The first kappa shape index (κ1) is 20.0. The smallest absolute Gasteiger partial charge is 0.338 e. The number of nitrogens with zero attached hydrogens (tertiary/aromatic N) is 1. The molecule has 0 unspecified atom stereocenters. The van der Waals surface area contributed by atoms with Gasteiger partial charge < -0.3 is 14.8 Å². The summed E-state index contributed by atoms with van der Waals surface area (Å²) in [5.74, 6) is 0.116. The second-order valence-corrected chi connectivity index (χ2v) is 6.07. The molecule has 1 heterocycles. The summed E-state index contributed by atoms with van der Waals surface area (Å²) in [6.07, 6.45) is 2.16. The lowest BCUT2D eigenvalue weighted by atomic mass is 10.2. The van der Waals surface area contributed by atoms with Gasteiger partial charge in [0, 0.05) is 17.6 Å². The van der Waals surface area contributed by atoms with Crippen LogP contribution < -0.4 is 10.1 Å². The molecule has 0 radical (unpaired) electrons. The van der Waals surface area contributed by atoms with E-state index in [0.29, 0.717) is 40.2 Å². The summed E-state index contributed by atoms with van der Waals surface area (Å²) < 4.78 is 10.4. The molecule has 0 aliphatic heterocycles. The van der Waals surface area contributed by atoms with Gasteiger partial charge in [-0.15, -0.1) is 0 Å². The van der Waals surface area contributed by atoms with Crippen molar-refractivity contribution in [3.63, 3.8) is 0 Å². The minimum atomic E-state index is -0.460. The lowest BCUT2D eigenvalue weighted by molar-refractivity contribution is -0.116. The molecule has 0 fully saturated rings. The van der Waals surface area contributed by atoms with Crippen LogP contribution >= 0.6 is 23.2 Å². The van der Waals surface area contributed by atoms with E-state index in [-0.39, 0.29) is 18.9 Å². The van der Waals surface area contributed by atoms with Gasteiger partial charge in [-0.25, -0.2) is 9.78 Å². The van der Waals surface area contributed by atoms with E-state index in [4.69, 9.17) is 32.7 Å². The number of hydrogen-bond acceptors (Lipinski definition) is 5. The number of halogens is 2. The fraction of sp³-hybridized carbons (Fsp3) is 0.278. The largest absolute Gasteiger partial charge is 0.492 e. The SMILES string of the molecule is CCOC(=O)c1ccnc(NC(=O)CCCOc2ccc(Cl)cc2Cl)c1. The number of ether oxygens (including phenoxy) is 2. The fourth-order valence-electron chi connectivity index (χ4n) is 2.05. The summed E-state index contributed by atoms with van der Waals surface area (Å²) in [4.78, 5) is 27.7. The minimum Gasteiger partial charge on any atom is -0.492 e. The zero-order valence-corrected chi connectivity index (χ0v) is 15.6. The number of pyridine rings is 1. The van der Waals surface area contributed by atoms with Gasteiger partial charge >= 0.3 is 5.97 Å². The first-order valence-corrected chi connectivity index (χ1v) is 8.76. The van der Waals surface area contributed by atoms with Crippen LogP contribution in [0, 0.1) is 0 Å². The Balaban J connectivity index is 1.78. The van der Waals surface area contributed by atoms with Crippen LogP contribution in [0.2, 0.25) is 10.0 Å². The Morgan fingerprint density at radius 2 is 2.00 bits per heavy atom. The van der Waals surface area contributed by atoms with Crippen molar-refractivity contribution >= 4 is 40.9 Å². The van der Waals surface area contributed by atoms with Crippen molar-refractivity contribution in [1.82, 2.24) is 4.98 Å². The van der Waals surface area contributed by atoms with Crippen molar-refractivity contribution in [1.29, 1.82) is 0 Å². The average molecular weight is 397 g/mol. The van der Waals surface area contributed by atoms with Crippen LogP contribution in [0.3, 0.4) is 0 Å². The van der Waals surface area contributed by atoms with Gasteiger partial charge in [0.1, 0.15) is 11.6 Å². The summed E-state index contributed by atoms with van der Waals surface area (Å²) in [5.41, 5.74) is 0.331. The van der Waals surface area contributed by atoms with Gasteiger partial charge in [-0.05, 0) is 43.7 Å². The average Bonchev–Trinajstić information content (AvgIpc) is 2.60. The van der Waals surface area contributed by atoms with Gasteiger partial charge in [0.05, 0.1) is 23.8 Å². The third-order valence-electron chi connectivity index (χ3n) is 3.24. The van der Waals surface area contributed by atoms with Crippen LogP contribution in [0.25, 0.3) is 0 Å². The molecular weight excluding hydrogens is 379 g/mol. The van der Waals surface area contributed by atoms with E-state index < -0.39 is 5.97 Å². The Kier molecular flexibility index (Phi) is 7.69. The number of aromatic nitrogens is 1. The predicted molar refractivity (Wildman–Crippen MR) is 100 cm³/mol. The van der Waals surface area contributed by atoms with Crippen molar-refractivity contribution in [3.05, 3.63) is 52.1 Å². The molecule has 0 saturated heterocycles. The van der Waals surface area contributed by atoms with Crippen LogP contribution in [0.15, 0.2) is 36.5 Å². The molecule has 1 aromatic carbocycles. The third kappa shape index (κ3) is 6.20. The summed E-state index contributed by atoms with van der Waals surface area (Å²) in [6.45, 7) is 2.33. The van der Waals surface area contributed by atoms with Crippen molar-refractivity contribution < 1.29 is 19.1 Å². The maximum absolute atomic E-state index is 12.0. The van der Waals surface area contributed by atoms with Gasteiger partial charge in [-0.3, -0.25) is 4.79 Å². The Morgan fingerprint density at radius 1 is 1.19 bits per heavy atom. The summed E-state index contributed by atoms with van der Waals surface area (Å²) in [5, 5.41) is 3.59. The Bertz CT molecular complexity index is 784. The van der Waals surface area contributed by atoms with E-state index >= 15 is 0 Å². The number of esters is 1. The first-order chi connectivity index (χ1) is 12.5. The van der Waals surface area contributed by atoms with Crippen molar-refractivity contribution in [2.24, 2.45) is 0 Å². The summed E-state index contributed by atoms with van der Waals surface area (Å²) in [6, 6.07) is 7.94. The van der Waals surface area contributed by atoms with Gasteiger partial charge in [0.25, 0.3) is 0 Å². The minimum absolute atomic E-state index is 0.232. The van der Waals surface area contributed by atoms with E-state index in [1.807, 2.05) is 0 Å². The van der Waals surface area contributed by atoms with Crippen LogP contribution in [-0.4, -0.2) is 30.1 Å². The maximum Gasteiger partial charge on any atom is 0.338 e. The van der Waals surface area contributed by atoms with Crippen LogP contribution in [0.5, 0.6) is 5.75 Å². The molecule has 0 aliphatic carbocycles. The number of amides is 1. The zero-order chi connectivity index (χ0) is 18.9. The lowest BCUT2D eigenvalue weighted by Gasteiger charge is -2.09. The summed E-state index contributed by atoms with van der Waals surface area (Å²) >= 11 is 11.8. The van der Waals surface area contributed by atoms with Crippen molar-refractivity contribution in [3.8, 4) is 5.75 Å². The van der Waals surface area contributed by atoms with Crippen molar-refractivity contribution in [2.45, 2.75) is 19.8 Å². The topological polar surface area (TPSA) is 77.5 Å². The Labute approximate surface area is 161 Å². The number of anilines is 1. The molecule has 2 rings (SSSR count). The molecule has 0 spiro atoms. The van der Waals surface area contributed by atoms with Crippen LogP contribution in [0.1, 0.15) is 30.1 Å². The Hall–Kier alpha value is -2.31. The number of nitrogens with one attached hydrogen (secondary N) is 1. The normalized spacial score (nSPS) is 10.3. The van der Waals surface area contributed by atoms with E-state index in [1.54, 1.807) is 25.1 Å². The van der Waals surface area contributed by atoms with Gasteiger partial charge in [0.15, 0.2) is 0 Å². The number of rotatable bonds is 8. The molecular formula is C18H18Cl2N2O4. The number of carbonyl (C=O) groups is 2. The molecule has 1 aromatic heterocycles. The molecule has 0 aliphatic rings. The van der Waals surface area contributed by atoms with Crippen molar-refractivity contribution in [2.75, 3.05) is 18.5 Å². The second kappa shape index (κ2) is 9.99. The van der Waals surface area contributed by atoms with Gasteiger partial charge in [0.2, 0.25) is 5.91 Å². The molecule has 1 N–H and O–H groups in total. The third-order valence-corrected chi connectivity index (χ3v) is 3.77. The monoisotopic (exact) mass is 396 g/mol. The molecule has 0 saturated carbocycles. The van der Waals surface area contributed by atoms with E-state index in [9.17, 15) is 9.59 Å². The molecule has 138 valence electrons. The van der Waals surface area contributed by atoms with E-state index in [0.717, 1.165) is 0 Å². The predicted octanol–water partition coefficient (Wildman–Crippen LogP) is 4.36. The number of hydrogen-bond donors (Lipinski definition) is 1. The highest BCUT2D eigenvalue weighted by molar-refractivity contribution is 6.35. The number of carbonyl (C=O) groups excluding carboxylic acids is 2. The zero-order valence-electron chi connectivity index (χ0n) is 14.1. The van der Waals surface area contributed by atoms with Crippen LogP contribution in [-0.2, 0) is 9.53 Å². The highest BCUT2D eigenvalue weighted by Gasteiger charge is 2.10. The van der Waals surface area contributed by atoms with Crippen LogP contribution in [0.4, 0.5) is 5.82 Å². The van der Waals surface area contributed by atoms with E-state index in [1.165, 1.54) is 18.3 Å².